The number of aryl methyl sites for hydroxylation is 1. The van der Waals surface area contributed by atoms with Gasteiger partial charge in [-0.05, 0) is 62.1 Å². The quantitative estimate of drug-likeness (QED) is 0.898. The fourth-order valence-electron chi connectivity index (χ4n) is 2.65. The zero-order chi connectivity index (χ0) is 13.8. The molecule has 2 aromatic heterocycles. The maximum atomic E-state index is 4.45. The summed E-state index contributed by atoms with van der Waals surface area (Å²) < 4.78 is 0. The molecule has 20 heavy (non-hydrogen) atoms. The van der Waals surface area contributed by atoms with Gasteiger partial charge in [0.15, 0.2) is 0 Å². The lowest BCUT2D eigenvalue weighted by molar-refractivity contribution is 0.461. The Balaban J connectivity index is 1.77. The SMILES string of the molecule is Cc1cccc(Nc2cc(C3CCCNC3)ccn2)n1. The minimum atomic E-state index is 0.595. The largest absolute Gasteiger partial charge is 0.325 e. The molecule has 0 aromatic carbocycles. The van der Waals surface area contributed by atoms with E-state index in [2.05, 4.69) is 32.7 Å². The summed E-state index contributed by atoms with van der Waals surface area (Å²) in [5, 5.41) is 6.74. The van der Waals surface area contributed by atoms with Crippen molar-refractivity contribution in [3.05, 3.63) is 47.8 Å². The normalized spacial score (nSPS) is 18.8. The second-order valence-corrected chi connectivity index (χ2v) is 5.31. The number of piperidine rings is 1. The molecule has 1 saturated heterocycles. The number of rotatable bonds is 3. The average molecular weight is 268 g/mol. The van der Waals surface area contributed by atoms with Crippen LogP contribution in [0.15, 0.2) is 36.5 Å². The standard InChI is InChI=1S/C16H20N4/c1-12-4-2-6-15(19-12)20-16-10-13(7-9-18-16)14-5-3-8-17-11-14/h2,4,6-7,9-10,14,17H,3,5,8,11H2,1H3,(H,18,19,20). The third-order valence-corrected chi connectivity index (χ3v) is 3.70. The number of nitrogens with zero attached hydrogens (tertiary/aromatic N) is 2. The van der Waals surface area contributed by atoms with Gasteiger partial charge in [0.2, 0.25) is 0 Å². The smallest absolute Gasteiger partial charge is 0.131 e. The van der Waals surface area contributed by atoms with Crippen LogP contribution in [0.1, 0.15) is 30.0 Å². The van der Waals surface area contributed by atoms with E-state index in [1.165, 1.54) is 18.4 Å². The highest BCUT2D eigenvalue weighted by Crippen LogP contribution is 2.25. The second kappa shape index (κ2) is 6.01. The van der Waals surface area contributed by atoms with E-state index in [4.69, 9.17) is 0 Å². The molecule has 0 spiro atoms. The molecule has 0 amide bonds. The second-order valence-electron chi connectivity index (χ2n) is 5.31. The van der Waals surface area contributed by atoms with Crippen molar-refractivity contribution in [2.24, 2.45) is 0 Å². The van der Waals surface area contributed by atoms with Gasteiger partial charge in [-0.3, -0.25) is 0 Å². The minimum Gasteiger partial charge on any atom is -0.325 e. The van der Waals surface area contributed by atoms with E-state index in [1.807, 2.05) is 31.3 Å². The van der Waals surface area contributed by atoms with Crippen molar-refractivity contribution in [2.75, 3.05) is 18.4 Å². The fraction of sp³-hybridized carbons (Fsp3) is 0.375. The Labute approximate surface area is 119 Å². The lowest BCUT2D eigenvalue weighted by Crippen LogP contribution is -2.28. The summed E-state index contributed by atoms with van der Waals surface area (Å²) in [7, 11) is 0. The number of hydrogen-bond acceptors (Lipinski definition) is 4. The first-order valence-electron chi connectivity index (χ1n) is 7.18. The van der Waals surface area contributed by atoms with Gasteiger partial charge in [0, 0.05) is 18.4 Å². The van der Waals surface area contributed by atoms with Crippen LogP contribution in [0.5, 0.6) is 0 Å². The average Bonchev–Trinajstić information content (AvgIpc) is 2.48. The molecule has 0 radical (unpaired) electrons. The molecule has 0 saturated carbocycles. The summed E-state index contributed by atoms with van der Waals surface area (Å²) in [4.78, 5) is 8.83. The number of pyridine rings is 2. The third kappa shape index (κ3) is 3.14. The predicted octanol–water partition coefficient (Wildman–Crippen LogP) is 3.00. The lowest BCUT2D eigenvalue weighted by Gasteiger charge is -2.23. The molecular weight excluding hydrogens is 248 g/mol. The van der Waals surface area contributed by atoms with Gasteiger partial charge in [-0.25, -0.2) is 9.97 Å². The van der Waals surface area contributed by atoms with Crippen LogP contribution < -0.4 is 10.6 Å². The molecule has 0 aliphatic carbocycles. The molecule has 0 bridgehead atoms. The Morgan fingerprint density at radius 3 is 3.00 bits per heavy atom. The molecule has 3 rings (SSSR count). The van der Waals surface area contributed by atoms with E-state index in [0.717, 1.165) is 30.4 Å². The molecule has 1 unspecified atom stereocenters. The molecule has 104 valence electrons. The van der Waals surface area contributed by atoms with Crippen LogP contribution >= 0.6 is 0 Å². The van der Waals surface area contributed by atoms with Crippen molar-refractivity contribution < 1.29 is 0 Å². The summed E-state index contributed by atoms with van der Waals surface area (Å²) >= 11 is 0. The topological polar surface area (TPSA) is 49.8 Å². The Morgan fingerprint density at radius 2 is 2.20 bits per heavy atom. The van der Waals surface area contributed by atoms with Gasteiger partial charge in [0.1, 0.15) is 11.6 Å². The van der Waals surface area contributed by atoms with E-state index in [-0.39, 0.29) is 0 Å². The molecular formula is C16H20N4. The van der Waals surface area contributed by atoms with Crippen LogP contribution in [0.25, 0.3) is 0 Å². The predicted molar refractivity (Wildman–Crippen MR) is 81.3 cm³/mol. The Morgan fingerprint density at radius 1 is 1.25 bits per heavy atom. The monoisotopic (exact) mass is 268 g/mol. The van der Waals surface area contributed by atoms with Gasteiger partial charge < -0.3 is 10.6 Å². The molecule has 3 heterocycles. The van der Waals surface area contributed by atoms with Gasteiger partial charge in [-0.2, -0.15) is 0 Å². The van der Waals surface area contributed by atoms with E-state index in [1.54, 1.807) is 0 Å². The maximum absolute atomic E-state index is 4.45. The van der Waals surface area contributed by atoms with Gasteiger partial charge in [0.05, 0.1) is 0 Å². The summed E-state index contributed by atoms with van der Waals surface area (Å²) in [6, 6.07) is 10.2. The number of aromatic nitrogens is 2. The molecule has 1 atom stereocenters. The van der Waals surface area contributed by atoms with E-state index in [9.17, 15) is 0 Å². The van der Waals surface area contributed by atoms with E-state index in [0.29, 0.717) is 5.92 Å². The van der Waals surface area contributed by atoms with E-state index >= 15 is 0 Å². The lowest BCUT2D eigenvalue weighted by atomic mass is 9.92. The van der Waals surface area contributed by atoms with Crippen LogP contribution in [0.3, 0.4) is 0 Å². The van der Waals surface area contributed by atoms with Crippen LogP contribution in [-0.4, -0.2) is 23.1 Å². The van der Waals surface area contributed by atoms with Gasteiger partial charge >= 0.3 is 0 Å². The Kier molecular flexibility index (Phi) is 3.92. The molecule has 2 aromatic rings. The van der Waals surface area contributed by atoms with Gasteiger partial charge in [-0.1, -0.05) is 6.07 Å². The van der Waals surface area contributed by atoms with E-state index < -0.39 is 0 Å². The van der Waals surface area contributed by atoms with Crippen molar-refractivity contribution in [1.82, 2.24) is 15.3 Å². The first-order valence-corrected chi connectivity index (χ1v) is 7.18. The zero-order valence-electron chi connectivity index (χ0n) is 11.8. The summed E-state index contributed by atoms with van der Waals surface area (Å²) in [6.07, 6.45) is 4.37. The van der Waals surface area contributed by atoms with Crippen molar-refractivity contribution in [1.29, 1.82) is 0 Å². The van der Waals surface area contributed by atoms with Gasteiger partial charge in [-0.15, -0.1) is 0 Å². The van der Waals surface area contributed by atoms with Crippen LogP contribution in [0.2, 0.25) is 0 Å². The number of hydrogen-bond donors (Lipinski definition) is 2. The summed E-state index contributed by atoms with van der Waals surface area (Å²) in [5.41, 5.74) is 2.35. The third-order valence-electron chi connectivity index (χ3n) is 3.70. The highest BCUT2D eigenvalue weighted by Gasteiger charge is 2.15. The molecule has 1 aliphatic rings. The fourth-order valence-corrected chi connectivity index (χ4v) is 2.65. The Bertz CT molecular complexity index is 576. The maximum Gasteiger partial charge on any atom is 0.131 e. The van der Waals surface area contributed by atoms with Crippen molar-refractivity contribution >= 4 is 11.6 Å². The number of anilines is 2. The highest BCUT2D eigenvalue weighted by molar-refractivity contribution is 5.52. The first kappa shape index (κ1) is 13.1. The molecule has 2 N–H and O–H groups in total. The molecule has 1 aliphatic heterocycles. The molecule has 4 heteroatoms. The van der Waals surface area contributed by atoms with Crippen molar-refractivity contribution in [2.45, 2.75) is 25.7 Å². The van der Waals surface area contributed by atoms with Crippen LogP contribution in [0, 0.1) is 6.92 Å². The van der Waals surface area contributed by atoms with Crippen molar-refractivity contribution in [3.63, 3.8) is 0 Å². The minimum absolute atomic E-state index is 0.595. The molecule has 1 fully saturated rings. The first-order chi connectivity index (χ1) is 9.81. The van der Waals surface area contributed by atoms with Crippen molar-refractivity contribution in [3.8, 4) is 0 Å². The molecule has 4 nitrogen and oxygen atoms in total. The van der Waals surface area contributed by atoms with Gasteiger partial charge in [0.25, 0.3) is 0 Å². The Hall–Kier alpha value is -1.94. The zero-order valence-corrected chi connectivity index (χ0v) is 11.8. The highest BCUT2D eigenvalue weighted by atomic mass is 15.1. The summed E-state index contributed by atoms with van der Waals surface area (Å²) in [5.74, 6) is 2.31. The summed E-state index contributed by atoms with van der Waals surface area (Å²) in [6.45, 7) is 4.19. The number of nitrogens with one attached hydrogen (secondary N) is 2. The van der Waals surface area contributed by atoms with Crippen LogP contribution in [0.4, 0.5) is 11.6 Å². The van der Waals surface area contributed by atoms with Crippen LogP contribution in [-0.2, 0) is 0 Å².